The normalized spacial score (nSPS) is 21.4. The lowest BCUT2D eigenvalue weighted by molar-refractivity contribution is 0.422. The molecule has 0 fully saturated rings. The van der Waals surface area contributed by atoms with Gasteiger partial charge in [0.15, 0.2) is 0 Å². The van der Waals surface area contributed by atoms with Gasteiger partial charge in [-0.15, -0.1) is 0 Å². The Labute approximate surface area is 101 Å². The Morgan fingerprint density at radius 1 is 1.31 bits per heavy atom. The Morgan fingerprint density at radius 3 is 2.75 bits per heavy atom. The van der Waals surface area contributed by atoms with E-state index in [1.54, 1.807) is 0 Å². The highest BCUT2D eigenvalue weighted by Gasteiger charge is 2.08. The second kappa shape index (κ2) is 7.54. The van der Waals surface area contributed by atoms with Gasteiger partial charge in [0.25, 0.3) is 0 Å². The minimum atomic E-state index is 0.510. The van der Waals surface area contributed by atoms with Crippen LogP contribution >= 0.6 is 0 Å². The fourth-order valence-corrected chi connectivity index (χ4v) is 2.31. The molecule has 1 heterocycles. The molecule has 0 aromatic carbocycles. The van der Waals surface area contributed by atoms with Crippen molar-refractivity contribution in [1.82, 2.24) is 5.32 Å². The van der Waals surface area contributed by atoms with E-state index >= 15 is 0 Å². The maximum Gasteiger partial charge on any atom is 0.0416 e. The van der Waals surface area contributed by atoms with Crippen LogP contribution in [0.15, 0.2) is 23.9 Å². The van der Waals surface area contributed by atoms with Gasteiger partial charge in [0, 0.05) is 6.04 Å². The van der Waals surface area contributed by atoms with Crippen LogP contribution in [0, 0.1) is 5.92 Å². The van der Waals surface area contributed by atoms with Gasteiger partial charge in [-0.2, -0.15) is 0 Å². The highest BCUT2D eigenvalue weighted by molar-refractivity contribution is 5.24. The molecule has 1 heteroatoms. The molecule has 0 radical (unpaired) electrons. The van der Waals surface area contributed by atoms with E-state index in [-0.39, 0.29) is 0 Å². The monoisotopic (exact) mass is 221 g/mol. The minimum Gasteiger partial charge on any atom is -0.385 e. The third-order valence-electron chi connectivity index (χ3n) is 3.51. The molecule has 0 spiro atoms. The zero-order chi connectivity index (χ0) is 11.8. The first-order valence-corrected chi connectivity index (χ1v) is 6.89. The topological polar surface area (TPSA) is 12.0 Å². The fourth-order valence-electron chi connectivity index (χ4n) is 2.31. The Bertz CT molecular complexity index is 240. The molecule has 1 aliphatic heterocycles. The second-order valence-corrected chi connectivity index (χ2v) is 4.99. The summed E-state index contributed by atoms with van der Waals surface area (Å²) in [5, 5.41) is 3.29. The van der Waals surface area contributed by atoms with Gasteiger partial charge < -0.3 is 5.32 Å². The number of rotatable bonds is 7. The van der Waals surface area contributed by atoms with Gasteiger partial charge in [-0.3, -0.25) is 0 Å². The van der Waals surface area contributed by atoms with E-state index in [0.717, 1.165) is 5.92 Å². The fraction of sp³-hybridized carbons (Fsp3) is 0.733. The average Bonchev–Trinajstić information content (AvgIpc) is 2.29. The van der Waals surface area contributed by atoms with Gasteiger partial charge in [0.2, 0.25) is 0 Å². The number of allylic oxidation sites excluding steroid dienone is 2. The molecular formula is C15H27N. The first kappa shape index (κ1) is 13.3. The molecule has 0 saturated heterocycles. The molecule has 1 rings (SSSR count). The van der Waals surface area contributed by atoms with Crippen molar-refractivity contribution in [2.24, 2.45) is 5.92 Å². The number of hydrogen-bond acceptors (Lipinski definition) is 1. The van der Waals surface area contributed by atoms with Gasteiger partial charge in [0.1, 0.15) is 0 Å². The van der Waals surface area contributed by atoms with E-state index < -0.39 is 0 Å². The molecule has 16 heavy (non-hydrogen) atoms. The van der Waals surface area contributed by atoms with Gasteiger partial charge in [-0.05, 0) is 43.5 Å². The lowest BCUT2D eigenvalue weighted by Gasteiger charge is -2.18. The van der Waals surface area contributed by atoms with Crippen LogP contribution in [0.5, 0.6) is 0 Å². The maximum atomic E-state index is 3.29. The molecule has 0 saturated carbocycles. The summed E-state index contributed by atoms with van der Waals surface area (Å²) in [4.78, 5) is 0. The molecule has 1 nitrogen and oxygen atoms in total. The smallest absolute Gasteiger partial charge is 0.0416 e. The van der Waals surface area contributed by atoms with Gasteiger partial charge >= 0.3 is 0 Å². The molecule has 0 amide bonds. The second-order valence-electron chi connectivity index (χ2n) is 4.99. The van der Waals surface area contributed by atoms with Gasteiger partial charge in [-0.1, -0.05) is 45.6 Å². The van der Waals surface area contributed by atoms with Crippen LogP contribution in [0.1, 0.15) is 59.3 Å². The van der Waals surface area contributed by atoms with Gasteiger partial charge in [0.05, 0.1) is 0 Å². The summed E-state index contributed by atoms with van der Waals surface area (Å²) in [5.74, 6) is 0.930. The van der Waals surface area contributed by atoms with Crippen LogP contribution in [0.4, 0.5) is 0 Å². The summed E-state index contributed by atoms with van der Waals surface area (Å²) in [5.41, 5.74) is 1.51. The third kappa shape index (κ3) is 4.87. The van der Waals surface area contributed by atoms with E-state index in [1.807, 2.05) is 0 Å². The lowest BCUT2D eigenvalue weighted by atomic mass is 9.91. The number of dihydropyridines is 1. The molecular weight excluding hydrogens is 194 g/mol. The quantitative estimate of drug-likeness (QED) is 0.671. The summed E-state index contributed by atoms with van der Waals surface area (Å²) >= 11 is 0. The Balaban J connectivity index is 2.28. The van der Waals surface area contributed by atoms with Crippen molar-refractivity contribution >= 4 is 0 Å². The van der Waals surface area contributed by atoms with Crippen LogP contribution in [-0.4, -0.2) is 6.04 Å². The molecule has 1 N–H and O–H groups in total. The van der Waals surface area contributed by atoms with Crippen LogP contribution in [0.2, 0.25) is 0 Å². The number of unbranched alkanes of at least 4 members (excludes halogenated alkanes) is 1. The predicted octanol–water partition coefficient (Wildman–Crippen LogP) is 4.41. The first-order valence-electron chi connectivity index (χ1n) is 6.89. The van der Waals surface area contributed by atoms with Crippen molar-refractivity contribution in [3.8, 4) is 0 Å². The molecule has 1 aliphatic rings. The zero-order valence-corrected chi connectivity index (χ0v) is 11.1. The van der Waals surface area contributed by atoms with Crippen LogP contribution in [0.25, 0.3) is 0 Å². The van der Waals surface area contributed by atoms with Crippen LogP contribution in [0.3, 0.4) is 0 Å². The van der Waals surface area contributed by atoms with Crippen molar-refractivity contribution in [2.45, 2.75) is 65.3 Å². The summed E-state index contributed by atoms with van der Waals surface area (Å²) in [6, 6.07) is 0.510. The largest absolute Gasteiger partial charge is 0.385 e. The highest BCUT2D eigenvalue weighted by Crippen LogP contribution is 2.22. The van der Waals surface area contributed by atoms with Crippen molar-refractivity contribution in [1.29, 1.82) is 0 Å². The first-order chi connectivity index (χ1) is 7.76. The van der Waals surface area contributed by atoms with Crippen molar-refractivity contribution in [2.75, 3.05) is 0 Å². The van der Waals surface area contributed by atoms with E-state index in [1.165, 1.54) is 44.1 Å². The standard InChI is InChI=1S/C15H27N/c1-4-6-7-14(5-2)8-9-15-10-11-16-13(3)12-15/h10-14,16H,4-9H2,1-3H3. The summed E-state index contributed by atoms with van der Waals surface area (Å²) in [6.07, 6.45) is 14.8. The van der Waals surface area contributed by atoms with E-state index in [4.69, 9.17) is 0 Å². The molecule has 0 bridgehead atoms. The Kier molecular flexibility index (Phi) is 6.29. The number of hydrogen-bond donors (Lipinski definition) is 1. The predicted molar refractivity (Wildman–Crippen MR) is 72.4 cm³/mol. The lowest BCUT2D eigenvalue weighted by Crippen LogP contribution is -2.20. The number of nitrogens with one attached hydrogen (secondary N) is 1. The highest BCUT2D eigenvalue weighted by atomic mass is 14.9. The van der Waals surface area contributed by atoms with Crippen molar-refractivity contribution in [3.63, 3.8) is 0 Å². The summed E-state index contributed by atoms with van der Waals surface area (Å²) < 4.78 is 0. The van der Waals surface area contributed by atoms with E-state index in [0.29, 0.717) is 6.04 Å². The molecule has 92 valence electrons. The zero-order valence-electron chi connectivity index (χ0n) is 11.1. The summed E-state index contributed by atoms with van der Waals surface area (Å²) in [7, 11) is 0. The summed E-state index contributed by atoms with van der Waals surface area (Å²) in [6.45, 7) is 6.82. The Morgan fingerprint density at radius 2 is 2.12 bits per heavy atom. The van der Waals surface area contributed by atoms with Crippen LogP contribution in [-0.2, 0) is 0 Å². The van der Waals surface area contributed by atoms with Gasteiger partial charge in [-0.25, -0.2) is 0 Å². The van der Waals surface area contributed by atoms with E-state index in [9.17, 15) is 0 Å². The SMILES string of the molecule is CCCCC(CC)CCC1=CC(C)NC=C1. The van der Waals surface area contributed by atoms with Crippen LogP contribution < -0.4 is 5.32 Å². The molecule has 0 aromatic heterocycles. The molecule has 0 aromatic rings. The maximum absolute atomic E-state index is 3.29. The van der Waals surface area contributed by atoms with E-state index in [2.05, 4.69) is 44.4 Å². The average molecular weight is 221 g/mol. The third-order valence-corrected chi connectivity index (χ3v) is 3.51. The molecule has 0 aliphatic carbocycles. The minimum absolute atomic E-state index is 0.510. The molecule has 2 atom stereocenters. The Hall–Kier alpha value is -0.720. The van der Waals surface area contributed by atoms with Crippen molar-refractivity contribution < 1.29 is 0 Å². The molecule has 2 unspecified atom stereocenters. The van der Waals surface area contributed by atoms with Crippen molar-refractivity contribution in [3.05, 3.63) is 23.9 Å².